The fourth-order valence-electron chi connectivity index (χ4n) is 2.55. The van der Waals surface area contributed by atoms with Crippen molar-refractivity contribution in [3.63, 3.8) is 0 Å². The third kappa shape index (κ3) is 1.87. The number of fused-ring (bicyclic) bond motifs is 1. The molecule has 3 heteroatoms. The highest BCUT2D eigenvalue weighted by Crippen LogP contribution is 2.28. The van der Waals surface area contributed by atoms with E-state index < -0.39 is 0 Å². The second kappa shape index (κ2) is 4.34. The fourth-order valence-corrected chi connectivity index (χ4v) is 2.55. The van der Waals surface area contributed by atoms with Crippen molar-refractivity contribution in [3.8, 4) is 5.69 Å². The summed E-state index contributed by atoms with van der Waals surface area (Å²) >= 11 is 0. The van der Waals surface area contributed by atoms with Gasteiger partial charge in [0.2, 0.25) is 0 Å². The van der Waals surface area contributed by atoms with Gasteiger partial charge in [0.25, 0.3) is 0 Å². The van der Waals surface area contributed by atoms with Crippen LogP contribution in [0.3, 0.4) is 0 Å². The molecule has 1 heterocycles. The summed E-state index contributed by atoms with van der Waals surface area (Å²) in [6.45, 7) is 0. The van der Waals surface area contributed by atoms with Crippen LogP contribution in [0.25, 0.3) is 5.69 Å². The molecular weight excluding hydrogens is 210 g/mol. The number of hydrogen-bond acceptors (Lipinski definition) is 2. The minimum atomic E-state index is 0.157. The smallest absolute Gasteiger partial charge is 0.0648 e. The minimum absolute atomic E-state index is 0.157. The van der Waals surface area contributed by atoms with Gasteiger partial charge in [0.05, 0.1) is 11.9 Å². The zero-order chi connectivity index (χ0) is 11.7. The molecule has 2 aromatic rings. The van der Waals surface area contributed by atoms with E-state index >= 15 is 0 Å². The Kier molecular flexibility index (Phi) is 2.69. The lowest BCUT2D eigenvalue weighted by atomic mass is 10.1. The van der Waals surface area contributed by atoms with Crippen molar-refractivity contribution in [2.24, 2.45) is 5.73 Å². The van der Waals surface area contributed by atoms with Gasteiger partial charge in [-0.2, -0.15) is 5.10 Å². The first-order valence-corrected chi connectivity index (χ1v) is 6.24. The highest BCUT2D eigenvalue weighted by molar-refractivity contribution is 5.36. The fraction of sp³-hybridized carbons (Fsp3) is 0.357. The number of aromatic nitrogens is 2. The molecule has 1 aliphatic carbocycles. The lowest BCUT2D eigenvalue weighted by Gasteiger charge is -2.09. The van der Waals surface area contributed by atoms with Crippen LogP contribution < -0.4 is 5.73 Å². The molecule has 1 aromatic carbocycles. The van der Waals surface area contributed by atoms with Gasteiger partial charge in [-0.25, -0.2) is 4.68 Å². The Morgan fingerprint density at radius 2 is 2.00 bits per heavy atom. The topological polar surface area (TPSA) is 43.8 Å². The van der Waals surface area contributed by atoms with Gasteiger partial charge >= 0.3 is 0 Å². The van der Waals surface area contributed by atoms with Crippen LogP contribution in [0.2, 0.25) is 0 Å². The lowest BCUT2D eigenvalue weighted by molar-refractivity contribution is 0.611. The summed E-state index contributed by atoms with van der Waals surface area (Å²) in [5, 5.41) is 4.50. The summed E-state index contributed by atoms with van der Waals surface area (Å²) in [6.07, 6.45) is 6.52. The molecule has 0 fully saturated rings. The monoisotopic (exact) mass is 227 g/mol. The molecule has 0 spiro atoms. The van der Waals surface area contributed by atoms with Gasteiger partial charge in [0, 0.05) is 17.3 Å². The molecule has 3 nitrogen and oxygen atoms in total. The molecule has 1 aliphatic rings. The summed E-state index contributed by atoms with van der Waals surface area (Å²) in [6, 6.07) is 10.4. The van der Waals surface area contributed by atoms with Crippen molar-refractivity contribution in [2.75, 3.05) is 0 Å². The van der Waals surface area contributed by atoms with Crippen LogP contribution in [-0.2, 0) is 6.42 Å². The molecule has 2 N–H and O–H groups in total. The van der Waals surface area contributed by atoms with Crippen molar-refractivity contribution >= 4 is 0 Å². The number of para-hydroxylation sites is 1. The maximum absolute atomic E-state index is 6.18. The summed E-state index contributed by atoms with van der Waals surface area (Å²) in [5.41, 5.74) is 9.83. The second-order valence-electron chi connectivity index (χ2n) is 4.65. The van der Waals surface area contributed by atoms with Crippen LogP contribution in [-0.4, -0.2) is 9.78 Å². The zero-order valence-corrected chi connectivity index (χ0v) is 9.84. The molecule has 1 aromatic heterocycles. The second-order valence-corrected chi connectivity index (χ2v) is 4.65. The van der Waals surface area contributed by atoms with E-state index in [0.717, 1.165) is 18.5 Å². The molecule has 0 bridgehead atoms. The molecule has 17 heavy (non-hydrogen) atoms. The molecule has 0 saturated carbocycles. The van der Waals surface area contributed by atoms with E-state index in [2.05, 4.69) is 17.2 Å². The van der Waals surface area contributed by atoms with Crippen molar-refractivity contribution in [3.05, 3.63) is 47.8 Å². The van der Waals surface area contributed by atoms with Crippen molar-refractivity contribution in [1.82, 2.24) is 9.78 Å². The van der Waals surface area contributed by atoms with Crippen molar-refractivity contribution < 1.29 is 0 Å². The van der Waals surface area contributed by atoms with Crippen molar-refractivity contribution in [1.29, 1.82) is 0 Å². The summed E-state index contributed by atoms with van der Waals surface area (Å²) < 4.78 is 2.04. The highest BCUT2D eigenvalue weighted by atomic mass is 15.3. The zero-order valence-electron chi connectivity index (χ0n) is 9.84. The first-order valence-electron chi connectivity index (χ1n) is 6.24. The SMILES string of the molecule is NC1CCCCc2c1cnn2-c1ccccc1. The van der Waals surface area contributed by atoms with Gasteiger partial charge in [-0.15, -0.1) is 0 Å². The number of nitrogens with two attached hydrogens (primary N) is 1. The summed E-state index contributed by atoms with van der Waals surface area (Å²) in [5.74, 6) is 0. The predicted molar refractivity (Wildman–Crippen MR) is 68.0 cm³/mol. The molecule has 0 radical (unpaired) electrons. The lowest BCUT2D eigenvalue weighted by Crippen LogP contribution is -2.10. The van der Waals surface area contributed by atoms with E-state index in [1.165, 1.54) is 24.1 Å². The average Bonchev–Trinajstić information content (AvgIpc) is 2.71. The van der Waals surface area contributed by atoms with Crippen molar-refractivity contribution in [2.45, 2.75) is 31.7 Å². The Hall–Kier alpha value is -1.61. The highest BCUT2D eigenvalue weighted by Gasteiger charge is 2.20. The van der Waals surface area contributed by atoms with E-state index in [0.29, 0.717) is 0 Å². The third-order valence-corrected chi connectivity index (χ3v) is 3.48. The van der Waals surface area contributed by atoms with Gasteiger partial charge in [-0.3, -0.25) is 0 Å². The maximum atomic E-state index is 6.18. The van der Waals surface area contributed by atoms with Gasteiger partial charge in [0.15, 0.2) is 0 Å². The Morgan fingerprint density at radius 3 is 2.82 bits per heavy atom. The largest absolute Gasteiger partial charge is 0.324 e. The summed E-state index contributed by atoms with van der Waals surface area (Å²) in [7, 11) is 0. The van der Waals surface area contributed by atoms with E-state index in [4.69, 9.17) is 5.73 Å². The number of nitrogens with zero attached hydrogens (tertiary/aromatic N) is 2. The molecule has 1 unspecified atom stereocenters. The van der Waals surface area contributed by atoms with E-state index in [1.807, 2.05) is 29.1 Å². The molecule has 1 atom stereocenters. The molecule has 0 aliphatic heterocycles. The Labute approximate surface area is 101 Å². The third-order valence-electron chi connectivity index (χ3n) is 3.48. The average molecular weight is 227 g/mol. The van der Waals surface area contributed by atoms with E-state index in [9.17, 15) is 0 Å². The molecule has 0 amide bonds. The maximum Gasteiger partial charge on any atom is 0.0648 e. The van der Waals surface area contributed by atoms with Crippen LogP contribution in [0.5, 0.6) is 0 Å². The normalized spacial score (nSPS) is 19.7. The van der Waals surface area contributed by atoms with Crippen LogP contribution in [0.1, 0.15) is 36.6 Å². The van der Waals surface area contributed by atoms with Gasteiger partial charge < -0.3 is 5.73 Å². The quantitative estimate of drug-likeness (QED) is 0.761. The van der Waals surface area contributed by atoms with Crippen LogP contribution >= 0.6 is 0 Å². The molecule has 0 saturated heterocycles. The molecule has 3 rings (SSSR count). The van der Waals surface area contributed by atoms with E-state index in [-0.39, 0.29) is 6.04 Å². The van der Waals surface area contributed by atoms with Gasteiger partial charge in [0.1, 0.15) is 0 Å². The standard InChI is InChI=1S/C14H17N3/c15-13-8-4-5-9-14-12(13)10-16-17(14)11-6-2-1-3-7-11/h1-3,6-7,10,13H,4-5,8-9,15H2. The first kappa shape index (κ1) is 10.5. The van der Waals surface area contributed by atoms with Crippen LogP contribution in [0.15, 0.2) is 36.5 Å². The first-order chi connectivity index (χ1) is 8.36. The Bertz CT molecular complexity index is 501. The predicted octanol–water partition coefficient (Wildman–Crippen LogP) is 2.60. The number of benzene rings is 1. The van der Waals surface area contributed by atoms with Gasteiger partial charge in [-0.05, 0) is 31.4 Å². The Balaban J connectivity index is 2.08. The molecule has 88 valence electrons. The van der Waals surface area contributed by atoms with Crippen LogP contribution in [0.4, 0.5) is 0 Å². The minimum Gasteiger partial charge on any atom is -0.324 e. The Morgan fingerprint density at radius 1 is 1.18 bits per heavy atom. The number of rotatable bonds is 1. The van der Waals surface area contributed by atoms with Crippen LogP contribution in [0, 0.1) is 0 Å². The number of hydrogen-bond donors (Lipinski definition) is 1. The van der Waals surface area contributed by atoms with Gasteiger partial charge in [-0.1, -0.05) is 24.6 Å². The van der Waals surface area contributed by atoms with E-state index in [1.54, 1.807) is 0 Å². The summed E-state index contributed by atoms with van der Waals surface area (Å²) in [4.78, 5) is 0. The molecular formula is C14H17N3.